The summed E-state index contributed by atoms with van der Waals surface area (Å²) in [5, 5.41) is 0. The van der Waals surface area contributed by atoms with Gasteiger partial charge in [-0.3, -0.25) is 0 Å². The Morgan fingerprint density at radius 1 is 1.36 bits per heavy atom. The van der Waals surface area contributed by atoms with Crippen LogP contribution in [0.15, 0.2) is 11.8 Å². The molecule has 1 nitrogen and oxygen atoms in total. The van der Waals surface area contributed by atoms with Crippen molar-refractivity contribution in [2.75, 3.05) is 13.6 Å². The molecule has 0 atom stereocenters. The van der Waals surface area contributed by atoms with Crippen LogP contribution in [0.1, 0.15) is 33.1 Å². The number of hydrogen-bond acceptors (Lipinski definition) is 1. The van der Waals surface area contributed by atoms with E-state index in [-0.39, 0.29) is 0 Å². The van der Waals surface area contributed by atoms with Gasteiger partial charge in [0, 0.05) is 19.3 Å². The van der Waals surface area contributed by atoms with E-state index in [9.17, 15) is 0 Å². The van der Waals surface area contributed by atoms with E-state index in [4.69, 9.17) is 0 Å². The van der Waals surface area contributed by atoms with E-state index in [1.54, 1.807) is 5.70 Å². The van der Waals surface area contributed by atoms with Crippen molar-refractivity contribution in [3.05, 3.63) is 11.8 Å². The van der Waals surface area contributed by atoms with Gasteiger partial charge in [-0.2, -0.15) is 0 Å². The SMILES string of the molecule is CC(C)C=C1CCCCN1C. The van der Waals surface area contributed by atoms with Gasteiger partial charge in [0.2, 0.25) is 0 Å². The number of allylic oxidation sites excluding steroid dienone is 2. The summed E-state index contributed by atoms with van der Waals surface area (Å²) in [4.78, 5) is 2.39. The first-order valence-corrected chi connectivity index (χ1v) is 4.62. The Morgan fingerprint density at radius 2 is 2.09 bits per heavy atom. The summed E-state index contributed by atoms with van der Waals surface area (Å²) >= 11 is 0. The van der Waals surface area contributed by atoms with Crippen molar-refractivity contribution in [1.29, 1.82) is 0 Å². The van der Waals surface area contributed by atoms with Crippen LogP contribution in [-0.4, -0.2) is 18.5 Å². The minimum atomic E-state index is 0.700. The minimum absolute atomic E-state index is 0.700. The lowest BCUT2D eigenvalue weighted by Crippen LogP contribution is -2.23. The summed E-state index contributed by atoms with van der Waals surface area (Å²) in [5.74, 6) is 0.700. The van der Waals surface area contributed by atoms with Crippen molar-refractivity contribution >= 4 is 0 Å². The molecule has 0 spiro atoms. The monoisotopic (exact) mass is 153 g/mol. The van der Waals surface area contributed by atoms with E-state index in [1.807, 2.05) is 0 Å². The molecule has 0 N–H and O–H groups in total. The van der Waals surface area contributed by atoms with Crippen LogP contribution in [0.4, 0.5) is 0 Å². The number of nitrogens with zero attached hydrogens (tertiary/aromatic N) is 1. The zero-order valence-electron chi connectivity index (χ0n) is 7.93. The summed E-state index contributed by atoms with van der Waals surface area (Å²) in [6.07, 6.45) is 6.42. The van der Waals surface area contributed by atoms with Crippen LogP contribution >= 0.6 is 0 Å². The Labute approximate surface area is 70.1 Å². The maximum absolute atomic E-state index is 2.39. The molecule has 1 heteroatoms. The highest BCUT2D eigenvalue weighted by Crippen LogP contribution is 2.19. The van der Waals surface area contributed by atoms with Crippen LogP contribution in [0.25, 0.3) is 0 Å². The molecule has 0 aliphatic carbocycles. The van der Waals surface area contributed by atoms with Gasteiger partial charge in [0.25, 0.3) is 0 Å². The molecule has 0 amide bonds. The van der Waals surface area contributed by atoms with Gasteiger partial charge in [0.15, 0.2) is 0 Å². The first-order chi connectivity index (χ1) is 5.20. The molecule has 1 aliphatic heterocycles. The molecule has 1 rings (SSSR count). The molecule has 11 heavy (non-hydrogen) atoms. The van der Waals surface area contributed by atoms with Gasteiger partial charge in [-0.1, -0.05) is 19.9 Å². The Kier molecular flexibility index (Phi) is 2.98. The maximum atomic E-state index is 2.39. The van der Waals surface area contributed by atoms with Gasteiger partial charge in [-0.15, -0.1) is 0 Å². The van der Waals surface area contributed by atoms with Crippen LogP contribution in [0.2, 0.25) is 0 Å². The number of piperidine rings is 1. The molecule has 0 aromatic rings. The highest BCUT2D eigenvalue weighted by molar-refractivity contribution is 5.03. The third kappa shape index (κ3) is 2.57. The first-order valence-electron chi connectivity index (χ1n) is 4.62. The Balaban J connectivity index is 2.53. The average molecular weight is 153 g/mol. The van der Waals surface area contributed by atoms with Crippen LogP contribution < -0.4 is 0 Å². The molecule has 1 aliphatic rings. The normalized spacial score (nSPS) is 23.3. The third-order valence-corrected chi connectivity index (χ3v) is 2.19. The first kappa shape index (κ1) is 8.63. The second-order valence-corrected chi connectivity index (χ2v) is 3.78. The molecule has 1 heterocycles. The van der Waals surface area contributed by atoms with Gasteiger partial charge in [0.1, 0.15) is 0 Å². The Morgan fingerprint density at radius 3 is 2.64 bits per heavy atom. The lowest BCUT2D eigenvalue weighted by molar-refractivity contribution is 0.341. The van der Waals surface area contributed by atoms with Crippen molar-refractivity contribution in [3.63, 3.8) is 0 Å². The molecule has 0 bridgehead atoms. The van der Waals surface area contributed by atoms with E-state index in [1.165, 1.54) is 25.8 Å². The minimum Gasteiger partial charge on any atom is -0.378 e. The van der Waals surface area contributed by atoms with Crippen molar-refractivity contribution in [2.45, 2.75) is 33.1 Å². The molecule has 1 saturated heterocycles. The Bertz CT molecular complexity index is 147. The Hall–Kier alpha value is -0.460. The summed E-state index contributed by atoms with van der Waals surface area (Å²) in [6.45, 7) is 5.74. The molecular formula is C10H19N. The van der Waals surface area contributed by atoms with E-state index in [0.29, 0.717) is 5.92 Å². The quantitative estimate of drug-likeness (QED) is 0.560. The lowest BCUT2D eigenvalue weighted by Gasteiger charge is -2.28. The van der Waals surface area contributed by atoms with Gasteiger partial charge in [-0.05, 0) is 25.2 Å². The average Bonchev–Trinajstić information content (AvgIpc) is 1.93. The van der Waals surface area contributed by atoms with Crippen LogP contribution in [-0.2, 0) is 0 Å². The molecular weight excluding hydrogens is 134 g/mol. The number of likely N-dealkylation sites (tertiary alicyclic amines) is 1. The van der Waals surface area contributed by atoms with Crippen LogP contribution in [0.3, 0.4) is 0 Å². The lowest BCUT2D eigenvalue weighted by atomic mass is 10.0. The van der Waals surface area contributed by atoms with Gasteiger partial charge >= 0.3 is 0 Å². The van der Waals surface area contributed by atoms with Gasteiger partial charge in [0.05, 0.1) is 0 Å². The smallest absolute Gasteiger partial charge is 0.0171 e. The molecule has 0 aromatic heterocycles. The fraction of sp³-hybridized carbons (Fsp3) is 0.800. The summed E-state index contributed by atoms with van der Waals surface area (Å²) in [6, 6.07) is 0. The molecule has 0 saturated carbocycles. The highest BCUT2D eigenvalue weighted by Gasteiger charge is 2.09. The fourth-order valence-electron chi connectivity index (χ4n) is 1.58. The van der Waals surface area contributed by atoms with E-state index in [2.05, 4.69) is 31.9 Å². The predicted octanol–water partition coefficient (Wildman–Crippen LogP) is 2.64. The topological polar surface area (TPSA) is 3.24 Å². The molecule has 64 valence electrons. The summed E-state index contributed by atoms with van der Waals surface area (Å²) in [5.41, 5.74) is 1.55. The van der Waals surface area contributed by atoms with E-state index >= 15 is 0 Å². The van der Waals surface area contributed by atoms with E-state index < -0.39 is 0 Å². The zero-order valence-corrected chi connectivity index (χ0v) is 7.93. The second kappa shape index (κ2) is 3.80. The van der Waals surface area contributed by atoms with E-state index in [0.717, 1.165) is 0 Å². The fourth-order valence-corrected chi connectivity index (χ4v) is 1.58. The predicted molar refractivity (Wildman–Crippen MR) is 49.4 cm³/mol. The van der Waals surface area contributed by atoms with Crippen molar-refractivity contribution in [1.82, 2.24) is 4.90 Å². The standard InChI is InChI=1S/C10H19N/c1-9(2)8-10-6-4-5-7-11(10)3/h8-9H,4-7H2,1-3H3. The largest absolute Gasteiger partial charge is 0.378 e. The van der Waals surface area contributed by atoms with Crippen molar-refractivity contribution < 1.29 is 0 Å². The van der Waals surface area contributed by atoms with Crippen molar-refractivity contribution in [3.8, 4) is 0 Å². The molecule has 0 aromatic carbocycles. The van der Waals surface area contributed by atoms with Crippen LogP contribution in [0.5, 0.6) is 0 Å². The van der Waals surface area contributed by atoms with Crippen LogP contribution in [0, 0.1) is 5.92 Å². The summed E-state index contributed by atoms with van der Waals surface area (Å²) in [7, 11) is 2.20. The summed E-state index contributed by atoms with van der Waals surface area (Å²) < 4.78 is 0. The number of rotatable bonds is 1. The molecule has 0 unspecified atom stereocenters. The maximum Gasteiger partial charge on any atom is 0.0171 e. The van der Waals surface area contributed by atoms with Gasteiger partial charge in [-0.25, -0.2) is 0 Å². The zero-order chi connectivity index (χ0) is 8.27. The number of hydrogen-bond donors (Lipinski definition) is 0. The highest BCUT2D eigenvalue weighted by atomic mass is 15.1. The second-order valence-electron chi connectivity index (χ2n) is 3.78. The van der Waals surface area contributed by atoms with Gasteiger partial charge < -0.3 is 4.90 Å². The molecule has 0 radical (unpaired) electrons. The molecule has 1 fully saturated rings. The van der Waals surface area contributed by atoms with Crippen molar-refractivity contribution in [2.24, 2.45) is 5.92 Å². The third-order valence-electron chi connectivity index (χ3n) is 2.19.